The third-order valence-corrected chi connectivity index (χ3v) is 5.08. The maximum atomic E-state index is 14.1. The van der Waals surface area contributed by atoms with Crippen molar-refractivity contribution >= 4 is 11.9 Å². The van der Waals surface area contributed by atoms with E-state index in [4.69, 9.17) is 0 Å². The van der Waals surface area contributed by atoms with E-state index in [2.05, 4.69) is 27.4 Å². The van der Waals surface area contributed by atoms with Crippen molar-refractivity contribution in [3.63, 3.8) is 0 Å². The first-order valence-corrected chi connectivity index (χ1v) is 10.9. The molecule has 45 heavy (non-hydrogen) atoms. The Morgan fingerprint density at radius 3 is 1.44 bits per heavy atom. The zero-order chi connectivity index (χ0) is 35.6. The lowest BCUT2D eigenvalue weighted by molar-refractivity contribution is -0.451. The molecule has 0 saturated heterocycles. The largest absolute Gasteiger partial charge is 0.460 e. The SMILES string of the molecule is C=CCOC(=O)c1ccc(OC(F)=C(F)C(F)(F)C(F)(F)C(F)(F)C(F)(F)C(F)(F)C(F)(F)C(F)(F)F)cc1C(=O)OCC=C. The zero-order valence-corrected chi connectivity index (χ0v) is 21.2. The average Bonchev–Trinajstić information content (AvgIpc) is 2.92. The van der Waals surface area contributed by atoms with Crippen LogP contribution in [0.25, 0.3) is 0 Å². The van der Waals surface area contributed by atoms with Crippen LogP contribution >= 0.6 is 0 Å². The molecule has 0 amide bonds. The molecule has 1 aromatic carbocycles. The van der Waals surface area contributed by atoms with Crippen molar-refractivity contribution in [1.82, 2.24) is 0 Å². The first kappa shape index (κ1) is 39.0. The summed E-state index contributed by atoms with van der Waals surface area (Å²) >= 11 is 0. The third-order valence-electron chi connectivity index (χ3n) is 5.08. The number of rotatable bonds is 14. The monoisotopic (exact) mass is 692 g/mol. The number of ether oxygens (including phenoxy) is 3. The Morgan fingerprint density at radius 1 is 0.622 bits per heavy atom. The van der Waals surface area contributed by atoms with Gasteiger partial charge in [-0.3, -0.25) is 0 Å². The van der Waals surface area contributed by atoms with Gasteiger partial charge in [-0.1, -0.05) is 25.3 Å². The maximum absolute atomic E-state index is 14.1. The van der Waals surface area contributed by atoms with Crippen LogP contribution in [-0.4, -0.2) is 66.9 Å². The van der Waals surface area contributed by atoms with Gasteiger partial charge in [-0.25, -0.2) is 9.59 Å². The molecule has 0 aliphatic rings. The minimum absolute atomic E-state index is 0.140. The summed E-state index contributed by atoms with van der Waals surface area (Å²) in [5.74, 6) is -59.4. The Bertz CT molecular complexity index is 1330. The molecular formula is C23H13F17O5. The number of halogens is 17. The van der Waals surface area contributed by atoms with Crippen molar-refractivity contribution in [2.75, 3.05) is 13.2 Å². The van der Waals surface area contributed by atoms with Crippen LogP contribution in [0.2, 0.25) is 0 Å². The van der Waals surface area contributed by atoms with Gasteiger partial charge in [0, 0.05) is 0 Å². The maximum Gasteiger partial charge on any atom is 0.460 e. The fourth-order valence-corrected chi connectivity index (χ4v) is 2.73. The Balaban J connectivity index is 3.67. The van der Waals surface area contributed by atoms with Gasteiger partial charge in [-0.2, -0.15) is 74.6 Å². The van der Waals surface area contributed by atoms with E-state index in [0.29, 0.717) is 6.07 Å². The minimum Gasteiger partial charge on any atom is -0.458 e. The molecule has 0 spiro atoms. The van der Waals surface area contributed by atoms with Gasteiger partial charge < -0.3 is 14.2 Å². The van der Waals surface area contributed by atoms with Gasteiger partial charge in [0.25, 0.3) is 0 Å². The van der Waals surface area contributed by atoms with Crippen molar-refractivity contribution in [3.05, 3.63) is 66.5 Å². The molecule has 254 valence electrons. The topological polar surface area (TPSA) is 61.8 Å². The molecule has 22 heteroatoms. The van der Waals surface area contributed by atoms with Crippen molar-refractivity contribution in [1.29, 1.82) is 0 Å². The fraction of sp³-hybridized carbons (Fsp3) is 0.391. The van der Waals surface area contributed by atoms with Gasteiger partial charge in [-0.15, -0.1) is 0 Å². The van der Waals surface area contributed by atoms with Crippen LogP contribution in [-0.2, 0) is 9.47 Å². The van der Waals surface area contributed by atoms with Gasteiger partial charge in [-0.05, 0) is 18.2 Å². The van der Waals surface area contributed by atoms with Gasteiger partial charge >= 0.3 is 59.7 Å². The highest BCUT2D eigenvalue weighted by Gasteiger charge is 2.93. The number of alkyl halides is 15. The smallest absolute Gasteiger partial charge is 0.458 e. The van der Waals surface area contributed by atoms with Gasteiger partial charge in [0.2, 0.25) is 5.83 Å². The summed E-state index contributed by atoms with van der Waals surface area (Å²) in [7, 11) is 0. The summed E-state index contributed by atoms with van der Waals surface area (Å²) in [5, 5.41) is 0. The van der Waals surface area contributed by atoms with E-state index < -0.39 is 95.6 Å². The molecule has 0 N–H and O–H groups in total. The van der Waals surface area contributed by atoms with E-state index in [-0.39, 0.29) is 12.1 Å². The third kappa shape index (κ3) is 6.67. The summed E-state index contributed by atoms with van der Waals surface area (Å²) in [6.07, 6.45) is -5.88. The van der Waals surface area contributed by atoms with E-state index in [9.17, 15) is 84.2 Å². The first-order valence-electron chi connectivity index (χ1n) is 10.9. The second kappa shape index (κ2) is 12.8. The molecular weight excluding hydrogens is 679 g/mol. The first-order chi connectivity index (χ1) is 20.1. The lowest BCUT2D eigenvalue weighted by Crippen LogP contribution is -2.72. The van der Waals surface area contributed by atoms with Gasteiger partial charge in [0.05, 0.1) is 11.1 Å². The second-order valence-electron chi connectivity index (χ2n) is 8.12. The number of esters is 2. The Morgan fingerprint density at radius 2 is 1.02 bits per heavy atom. The molecule has 0 atom stereocenters. The van der Waals surface area contributed by atoms with E-state index >= 15 is 0 Å². The van der Waals surface area contributed by atoms with Gasteiger partial charge in [0.1, 0.15) is 19.0 Å². The van der Waals surface area contributed by atoms with Crippen LogP contribution in [0.1, 0.15) is 20.7 Å². The number of carbonyl (C=O) groups excluding carboxylic acids is 2. The van der Waals surface area contributed by atoms with Crippen LogP contribution in [0.4, 0.5) is 74.6 Å². The average molecular weight is 692 g/mol. The number of benzene rings is 1. The molecule has 1 rings (SSSR count). The van der Waals surface area contributed by atoms with E-state index in [1.807, 2.05) is 0 Å². The Labute approximate surface area is 238 Å². The minimum atomic E-state index is -8.74. The molecule has 0 heterocycles. The summed E-state index contributed by atoms with van der Waals surface area (Å²) < 4.78 is 240. The van der Waals surface area contributed by atoms with Gasteiger partial charge in [0.15, 0.2) is 0 Å². The predicted octanol–water partition coefficient (Wildman–Crippen LogP) is 8.23. The normalized spacial score (nSPS) is 14.3. The molecule has 0 aliphatic heterocycles. The van der Waals surface area contributed by atoms with Crippen molar-refractivity contribution < 1.29 is 98.4 Å². The Kier molecular flexibility index (Phi) is 11.1. The molecule has 0 aliphatic carbocycles. The van der Waals surface area contributed by atoms with Crippen LogP contribution < -0.4 is 4.74 Å². The second-order valence-corrected chi connectivity index (χ2v) is 8.12. The van der Waals surface area contributed by atoms with Crippen LogP contribution in [0.3, 0.4) is 0 Å². The summed E-state index contributed by atoms with van der Waals surface area (Å²) in [4.78, 5) is 24.3. The number of hydrogen-bond acceptors (Lipinski definition) is 5. The molecule has 0 unspecified atom stereocenters. The van der Waals surface area contributed by atoms with E-state index in [0.717, 1.165) is 12.2 Å². The molecule has 0 aromatic heterocycles. The molecule has 0 bridgehead atoms. The van der Waals surface area contributed by atoms with Crippen LogP contribution in [0, 0.1) is 0 Å². The van der Waals surface area contributed by atoms with Crippen molar-refractivity contribution in [2.24, 2.45) is 0 Å². The highest BCUT2D eigenvalue weighted by atomic mass is 19.4. The predicted molar refractivity (Wildman–Crippen MR) is 113 cm³/mol. The molecule has 0 fully saturated rings. The molecule has 5 nitrogen and oxygen atoms in total. The lowest BCUT2D eigenvalue weighted by Gasteiger charge is -2.41. The van der Waals surface area contributed by atoms with Crippen molar-refractivity contribution in [2.45, 2.75) is 41.7 Å². The summed E-state index contributed by atoms with van der Waals surface area (Å²) in [5.41, 5.74) is -1.80. The molecule has 0 saturated carbocycles. The molecule has 0 radical (unpaired) electrons. The number of hydrogen-bond donors (Lipinski definition) is 0. The standard InChI is InChI=1S/C23H13F17O5/c1-3-7-43-15(41)11-6-5-10(9-12(11)16(42)44-8-4-2)45-14(25)13(24)17(26,27)18(28,29)19(30,31)20(32,33)21(34,35)22(36,37)23(38,39)40/h3-6,9H,1-2,7-8H2. The number of carbonyl (C=O) groups is 2. The van der Waals surface area contributed by atoms with E-state index in [1.54, 1.807) is 0 Å². The molecule has 1 aromatic rings. The number of allylic oxidation sites excluding steroid dienone is 1. The summed E-state index contributed by atoms with van der Waals surface area (Å²) in [6, 6.07) is -2.89. The van der Waals surface area contributed by atoms with Crippen LogP contribution in [0.5, 0.6) is 5.75 Å². The quantitative estimate of drug-likeness (QED) is 0.0852. The lowest BCUT2D eigenvalue weighted by atomic mass is 9.91. The van der Waals surface area contributed by atoms with E-state index in [1.165, 1.54) is 0 Å². The van der Waals surface area contributed by atoms with Crippen LogP contribution in [0.15, 0.2) is 55.3 Å². The fourth-order valence-electron chi connectivity index (χ4n) is 2.73. The highest BCUT2D eigenvalue weighted by Crippen LogP contribution is 2.63. The Hall–Kier alpha value is -4.01. The zero-order valence-electron chi connectivity index (χ0n) is 21.2. The highest BCUT2D eigenvalue weighted by molar-refractivity contribution is 6.03. The van der Waals surface area contributed by atoms with Crippen molar-refractivity contribution in [3.8, 4) is 5.75 Å². The summed E-state index contributed by atoms with van der Waals surface area (Å²) in [6.45, 7) is 5.25.